The number of piperidine rings is 1. The molecule has 2 N–H and O–H groups in total. The minimum atomic E-state index is -0.661. The van der Waals surface area contributed by atoms with Crippen LogP contribution in [0.1, 0.15) is 28.8 Å². The van der Waals surface area contributed by atoms with Crippen LogP contribution in [0.3, 0.4) is 0 Å². The summed E-state index contributed by atoms with van der Waals surface area (Å²) >= 11 is 0. The van der Waals surface area contributed by atoms with Gasteiger partial charge in [0.05, 0.1) is 5.52 Å². The van der Waals surface area contributed by atoms with Gasteiger partial charge in [-0.05, 0) is 41.3 Å². The zero-order valence-electron chi connectivity index (χ0n) is 14.8. The topological polar surface area (TPSA) is 82.3 Å². The lowest BCUT2D eigenvalue weighted by molar-refractivity contribution is -0.136. The molecule has 5 rings (SSSR count). The average Bonchev–Trinajstić information content (AvgIpc) is 3.29. The molecule has 0 saturated carbocycles. The third-order valence-electron chi connectivity index (χ3n) is 5.54. The number of carbonyl (C=O) groups excluding carboxylic acids is 3. The maximum absolute atomic E-state index is 14.1. The van der Waals surface area contributed by atoms with Gasteiger partial charge < -0.3 is 9.88 Å². The highest BCUT2D eigenvalue weighted by Crippen LogP contribution is 2.37. The Kier molecular flexibility index (Phi) is 3.58. The molecule has 0 radical (unpaired) electrons. The van der Waals surface area contributed by atoms with Crippen molar-refractivity contribution in [3.63, 3.8) is 0 Å². The van der Waals surface area contributed by atoms with E-state index in [-0.39, 0.29) is 30.6 Å². The number of carbonyl (C=O) groups is 3. The number of amides is 3. The number of halogens is 1. The summed E-state index contributed by atoms with van der Waals surface area (Å²) < 4.78 is 14.1. The summed E-state index contributed by atoms with van der Waals surface area (Å²) in [7, 11) is 0. The van der Waals surface area contributed by atoms with Crippen LogP contribution in [0.2, 0.25) is 0 Å². The van der Waals surface area contributed by atoms with Gasteiger partial charge in [-0.15, -0.1) is 0 Å². The molecule has 2 aliphatic rings. The minimum absolute atomic E-state index is 0.214. The first-order valence-corrected chi connectivity index (χ1v) is 9.07. The molecular weight excluding hydrogens is 361 g/mol. The number of nitrogens with one attached hydrogen (secondary N) is 2. The molecule has 1 fully saturated rings. The van der Waals surface area contributed by atoms with Crippen LogP contribution in [0.25, 0.3) is 22.0 Å². The molecule has 1 unspecified atom stereocenters. The number of H-pyrrole nitrogens is 1. The lowest BCUT2D eigenvalue weighted by Crippen LogP contribution is -2.52. The first-order chi connectivity index (χ1) is 13.5. The maximum atomic E-state index is 14.1. The molecule has 0 spiro atoms. The smallest absolute Gasteiger partial charge is 0.255 e. The Morgan fingerprint density at radius 3 is 2.64 bits per heavy atom. The van der Waals surface area contributed by atoms with E-state index >= 15 is 0 Å². The third kappa shape index (κ3) is 2.36. The van der Waals surface area contributed by atoms with Gasteiger partial charge in [-0.1, -0.05) is 18.2 Å². The van der Waals surface area contributed by atoms with Crippen molar-refractivity contribution in [2.24, 2.45) is 0 Å². The monoisotopic (exact) mass is 377 g/mol. The van der Waals surface area contributed by atoms with Crippen LogP contribution < -0.4 is 5.32 Å². The van der Waals surface area contributed by atoms with Crippen molar-refractivity contribution in [3.05, 3.63) is 59.5 Å². The fourth-order valence-corrected chi connectivity index (χ4v) is 4.19. The van der Waals surface area contributed by atoms with Gasteiger partial charge in [0.15, 0.2) is 0 Å². The summed E-state index contributed by atoms with van der Waals surface area (Å²) in [6.45, 7) is 0.278. The Hall–Kier alpha value is -3.48. The fourth-order valence-electron chi connectivity index (χ4n) is 4.19. The molecule has 1 aromatic heterocycles. The molecule has 1 atom stereocenters. The molecule has 7 heteroatoms. The van der Waals surface area contributed by atoms with Crippen molar-refractivity contribution in [3.8, 4) is 11.1 Å². The van der Waals surface area contributed by atoms with Crippen LogP contribution in [-0.4, -0.2) is 33.6 Å². The van der Waals surface area contributed by atoms with Gasteiger partial charge in [-0.25, -0.2) is 4.39 Å². The van der Waals surface area contributed by atoms with E-state index in [9.17, 15) is 18.8 Å². The Morgan fingerprint density at radius 2 is 1.82 bits per heavy atom. The Balaban J connectivity index is 1.59. The molecule has 28 heavy (non-hydrogen) atoms. The fraction of sp³-hybridized carbons (Fsp3) is 0.190. The first-order valence-electron chi connectivity index (χ1n) is 9.07. The molecule has 6 nitrogen and oxygen atoms in total. The summed E-state index contributed by atoms with van der Waals surface area (Å²) in [5.74, 6) is -1.31. The standard InChI is InChI=1S/C21H16FN3O3/c22-16-5-4-12(13-8-9-23-19(13)16)11-2-1-3-14-15(11)10-25(21(14)28)17-6-7-18(26)24-20(17)27/h1-5,8-9,17,23H,6-7,10H2,(H,24,26,27). The number of hydrogen-bond acceptors (Lipinski definition) is 3. The van der Waals surface area contributed by atoms with Gasteiger partial charge in [0, 0.05) is 30.1 Å². The Bertz CT molecular complexity index is 1170. The zero-order valence-corrected chi connectivity index (χ0v) is 14.8. The Labute approximate surface area is 159 Å². The molecule has 2 aliphatic heterocycles. The van der Waals surface area contributed by atoms with E-state index in [4.69, 9.17) is 0 Å². The quantitative estimate of drug-likeness (QED) is 0.674. The lowest BCUT2D eigenvalue weighted by Gasteiger charge is -2.29. The number of nitrogens with zero attached hydrogens (tertiary/aromatic N) is 1. The first kappa shape index (κ1) is 16.7. The largest absolute Gasteiger partial charge is 0.359 e. The van der Waals surface area contributed by atoms with Gasteiger partial charge in [0.25, 0.3) is 5.91 Å². The highest BCUT2D eigenvalue weighted by molar-refractivity contribution is 6.07. The average molecular weight is 377 g/mol. The molecular formula is C21H16FN3O3. The molecule has 0 bridgehead atoms. The van der Waals surface area contributed by atoms with E-state index in [1.54, 1.807) is 24.4 Å². The normalized spacial score (nSPS) is 19.2. The summed E-state index contributed by atoms with van der Waals surface area (Å²) in [5.41, 5.74) is 3.43. The van der Waals surface area contributed by atoms with Crippen molar-refractivity contribution >= 4 is 28.6 Å². The zero-order chi connectivity index (χ0) is 19.4. The predicted molar refractivity (Wildman–Crippen MR) is 99.7 cm³/mol. The van der Waals surface area contributed by atoms with E-state index in [2.05, 4.69) is 10.3 Å². The van der Waals surface area contributed by atoms with Crippen molar-refractivity contribution < 1.29 is 18.8 Å². The number of aromatic nitrogens is 1. The van der Waals surface area contributed by atoms with E-state index in [0.717, 1.165) is 22.1 Å². The van der Waals surface area contributed by atoms with Gasteiger partial charge >= 0.3 is 0 Å². The lowest BCUT2D eigenvalue weighted by atomic mass is 9.94. The number of aromatic amines is 1. The van der Waals surface area contributed by atoms with Crippen molar-refractivity contribution in [2.45, 2.75) is 25.4 Å². The molecule has 3 amide bonds. The van der Waals surface area contributed by atoms with Gasteiger partial charge in [0.2, 0.25) is 11.8 Å². The van der Waals surface area contributed by atoms with Crippen LogP contribution in [0.4, 0.5) is 4.39 Å². The molecule has 3 heterocycles. The highest BCUT2D eigenvalue weighted by atomic mass is 19.1. The van der Waals surface area contributed by atoms with Crippen LogP contribution in [0.15, 0.2) is 42.6 Å². The maximum Gasteiger partial charge on any atom is 0.255 e. The SMILES string of the molecule is O=C1CCC(N2Cc3c(cccc3-c3ccc(F)c4[nH]ccc34)C2=O)C(=O)N1. The van der Waals surface area contributed by atoms with Crippen molar-refractivity contribution in [2.75, 3.05) is 0 Å². The van der Waals surface area contributed by atoms with Gasteiger partial charge in [-0.3, -0.25) is 19.7 Å². The second kappa shape index (κ2) is 6.02. The highest BCUT2D eigenvalue weighted by Gasteiger charge is 2.39. The van der Waals surface area contributed by atoms with E-state index in [1.165, 1.54) is 11.0 Å². The number of rotatable bonds is 2. The van der Waals surface area contributed by atoms with Crippen LogP contribution in [0.5, 0.6) is 0 Å². The Morgan fingerprint density at radius 1 is 1.00 bits per heavy atom. The number of benzene rings is 2. The molecule has 2 aromatic carbocycles. The van der Waals surface area contributed by atoms with E-state index < -0.39 is 11.9 Å². The molecule has 140 valence electrons. The number of imide groups is 1. The van der Waals surface area contributed by atoms with Crippen molar-refractivity contribution in [1.82, 2.24) is 15.2 Å². The summed E-state index contributed by atoms with van der Waals surface area (Å²) in [5, 5.41) is 3.05. The van der Waals surface area contributed by atoms with E-state index in [1.807, 2.05) is 12.1 Å². The van der Waals surface area contributed by atoms with Gasteiger partial charge in [0.1, 0.15) is 11.9 Å². The number of hydrogen-bond donors (Lipinski definition) is 2. The second-order valence-corrected chi connectivity index (χ2v) is 7.09. The minimum Gasteiger partial charge on any atom is -0.359 e. The predicted octanol–water partition coefficient (Wildman–Crippen LogP) is 2.74. The molecule has 3 aromatic rings. The van der Waals surface area contributed by atoms with Crippen molar-refractivity contribution in [1.29, 1.82) is 0 Å². The second-order valence-electron chi connectivity index (χ2n) is 7.09. The van der Waals surface area contributed by atoms with Crippen LogP contribution in [-0.2, 0) is 16.1 Å². The summed E-state index contributed by atoms with van der Waals surface area (Å²) in [6, 6.07) is 9.70. The van der Waals surface area contributed by atoms with E-state index in [0.29, 0.717) is 17.5 Å². The third-order valence-corrected chi connectivity index (χ3v) is 5.54. The van der Waals surface area contributed by atoms with Crippen LogP contribution >= 0.6 is 0 Å². The van der Waals surface area contributed by atoms with Gasteiger partial charge in [-0.2, -0.15) is 0 Å². The number of fused-ring (bicyclic) bond motifs is 2. The summed E-state index contributed by atoms with van der Waals surface area (Å²) in [6.07, 6.45) is 2.21. The summed E-state index contributed by atoms with van der Waals surface area (Å²) in [4.78, 5) is 41.1. The van der Waals surface area contributed by atoms with Crippen LogP contribution in [0, 0.1) is 5.82 Å². The molecule has 1 saturated heterocycles. The molecule has 0 aliphatic carbocycles.